The Bertz CT molecular complexity index is 668. The predicted molar refractivity (Wildman–Crippen MR) is 70.2 cm³/mol. The number of aromatic nitrogens is 1. The second kappa shape index (κ2) is 5.43. The summed E-state index contributed by atoms with van der Waals surface area (Å²) in [5.74, 6) is 0. The Balaban J connectivity index is 2.38. The molecule has 0 aliphatic rings. The molecule has 0 aliphatic heterocycles. The molecule has 0 bridgehead atoms. The fourth-order valence-electron chi connectivity index (χ4n) is 1.85. The Morgan fingerprint density at radius 2 is 1.70 bits per heavy atom. The topological polar surface area (TPSA) is 90.2 Å². The molecule has 0 radical (unpaired) electrons. The smallest absolute Gasteiger partial charge is 0.258 e. The van der Waals surface area contributed by atoms with Crippen molar-refractivity contribution in [3.05, 3.63) is 74.1 Å². The Labute approximate surface area is 114 Å². The minimum atomic E-state index is -0.640. The molecule has 0 fully saturated rings. The lowest BCUT2D eigenvalue weighted by Crippen LogP contribution is -2.25. The van der Waals surface area contributed by atoms with Crippen LogP contribution in [0.1, 0.15) is 11.1 Å². The molecule has 1 aromatic carbocycles. The highest BCUT2D eigenvalue weighted by molar-refractivity contribution is 5.50. The predicted octanol–water partition coefficient (Wildman–Crippen LogP) is 1.92. The molecule has 7 heteroatoms. The van der Waals surface area contributed by atoms with Crippen molar-refractivity contribution in [2.75, 3.05) is 0 Å². The van der Waals surface area contributed by atoms with Gasteiger partial charge < -0.3 is 0 Å². The third kappa shape index (κ3) is 2.94. The van der Waals surface area contributed by atoms with Crippen molar-refractivity contribution in [3.8, 4) is 0 Å². The van der Waals surface area contributed by atoms with Crippen molar-refractivity contribution in [3.63, 3.8) is 0 Å². The first-order valence-electron chi connectivity index (χ1n) is 5.83. The van der Waals surface area contributed by atoms with Gasteiger partial charge in [0.15, 0.2) is 12.4 Å². The first kappa shape index (κ1) is 13.6. The minimum absolute atomic E-state index is 0.229. The van der Waals surface area contributed by atoms with Gasteiger partial charge in [0.2, 0.25) is 0 Å². The van der Waals surface area contributed by atoms with E-state index in [0.29, 0.717) is 12.0 Å². The molecule has 0 unspecified atom stereocenters. The van der Waals surface area contributed by atoms with E-state index in [-0.39, 0.29) is 11.4 Å². The molecule has 0 N–H and O–H groups in total. The Morgan fingerprint density at radius 3 is 2.25 bits per heavy atom. The number of nitro groups is 2. The second-order valence-electron chi connectivity index (χ2n) is 4.38. The van der Waals surface area contributed by atoms with Crippen LogP contribution < -0.4 is 4.57 Å². The first-order chi connectivity index (χ1) is 9.47. The number of rotatable bonds is 4. The highest BCUT2D eigenvalue weighted by Gasteiger charge is 2.19. The second-order valence-corrected chi connectivity index (χ2v) is 4.38. The summed E-state index contributed by atoms with van der Waals surface area (Å²) in [6.07, 6.45) is 4.04. The molecule has 1 heterocycles. The number of nitrogens with zero attached hydrogens (tertiary/aromatic N) is 3. The summed E-state index contributed by atoms with van der Waals surface area (Å²) in [6.45, 7) is 0. The van der Waals surface area contributed by atoms with Crippen molar-refractivity contribution in [1.29, 1.82) is 0 Å². The average molecular weight is 274 g/mol. The fourth-order valence-corrected chi connectivity index (χ4v) is 1.85. The fraction of sp³-hybridized carbons (Fsp3) is 0.154. The number of pyridine rings is 1. The van der Waals surface area contributed by atoms with E-state index in [1.54, 1.807) is 0 Å². The molecule has 0 saturated heterocycles. The van der Waals surface area contributed by atoms with Crippen LogP contribution in [0.25, 0.3) is 0 Å². The van der Waals surface area contributed by atoms with E-state index in [1.165, 1.54) is 12.1 Å². The van der Waals surface area contributed by atoms with Gasteiger partial charge in [0.05, 0.1) is 15.9 Å². The van der Waals surface area contributed by atoms with E-state index in [2.05, 4.69) is 0 Å². The number of hydrogen-bond acceptors (Lipinski definition) is 4. The Morgan fingerprint density at radius 1 is 1.05 bits per heavy atom. The summed E-state index contributed by atoms with van der Waals surface area (Å²) in [7, 11) is 1.87. The largest absolute Gasteiger partial charge is 0.279 e. The number of aryl methyl sites for hydroxylation is 1. The third-order valence-electron chi connectivity index (χ3n) is 2.92. The van der Waals surface area contributed by atoms with Gasteiger partial charge in [0, 0.05) is 30.2 Å². The highest BCUT2D eigenvalue weighted by Crippen LogP contribution is 2.26. The zero-order valence-corrected chi connectivity index (χ0v) is 10.7. The molecule has 102 valence electrons. The molecule has 0 amide bonds. The molecule has 2 rings (SSSR count). The van der Waals surface area contributed by atoms with Crippen molar-refractivity contribution < 1.29 is 14.4 Å². The minimum Gasteiger partial charge on any atom is -0.258 e. The number of benzene rings is 1. The van der Waals surface area contributed by atoms with Crippen LogP contribution in [0.15, 0.2) is 42.7 Å². The number of non-ortho nitro benzene ring substituents is 1. The van der Waals surface area contributed by atoms with Crippen molar-refractivity contribution in [2.45, 2.75) is 6.42 Å². The van der Waals surface area contributed by atoms with Crippen LogP contribution in [0.3, 0.4) is 0 Å². The maximum Gasteiger partial charge on any atom is 0.279 e. The van der Waals surface area contributed by atoms with Crippen molar-refractivity contribution in [1.82, 2.24) is 0 Å². The van der Waals surface area contributed by atoms with Gasteiger partial charge in [0.1, 0.15) is 7.05 Å². The van der Waals surface area contributed by atoms with E-state index < -0.39 is 9.85 Å². The lowest BCUT2D eigenvalue weighted by Gasteiger charge is -2.03. The summed E-state index contributed by atoms with van der Waals surface area (Å²) >= 11 is 0. The maximum atomic E-state index is 11.0. The van der Waals surface area contributed by atoms with Crippen LogP contribution in [-0.2, 0) is 13.5 Å². The molecule has 0 atom stereocenters. The molecule has 1 aromatic heterocycles. The molecule has 0 saturated carbocycles. The molecule has 0 spiro atoms. The van der Waals surface area contributed by atoms with E-state index >= 15 is 0 Å². The van der Waals surface area contributed by atoms with E-state index in [4.69, 9.17) is 0 Å². The quantitative estimate of drug-likeness (QED) is 0.484. The Hall–Kier alpha value is -2.83. The van der Waals surface area contributed by atoms with Crippen LogP contribution in [0.5, 0.6) is 0 Å². The summed E-state index contributed by atoms with van der Waals surface area (Å²) in [5.41, 5.74) is 0.849. The van der Waals surface area contributed by atoms with E-state index in [9.17, 15) is 20.2 Å². The average Bonchev–Trinajstić information content (AvgIpc) is 2.41. The SMILES string of the molecule is C[n+]1ccc(Cc2ccc([N+](=O)[O-])cc2[N+](=O)[O-])cc1. The summed E-state index contributed by atoms with van der Waals surface area (Å²) in [5, 5.41) is 21.7. The molecule has 7 nitrogen and oxygen atoms in total. The molecular weight excluding hydrogens is 262 g/mol. The van der Waals surface area contributed by atoms with Gasteiger partial charge in [0.25, 0.3) is 11.4 Å². The summed E-state index contributed by atoms with van der Waals surface area (Å²) in [4.78, 5) is 20.5. The van der Waals surface area contributed by atoms with Gasteiger partial charge in [-0.3, -0.25) is 20.2 Å². The molecule has 0 aliphatic carbocycles. The summed E-state index contributed by atoms with van der Waals surface area (Å²) in [6, 6.07) is 7.42. The number of nitro benzene ring substituents is 2. The standard InChI is InChI=1S/C13H12N3O4/c1-14-6-4-10(5-7-14)8-11-2-3-12(15(17)18)9-13(11)16(19)20/h2-7,9H,8H2,1H3/q+1. The lowest BCUT2D eigenvalue weighted by molar-refractivity contribution is -0.671. The Kier molecular flexibility index (Phi) is 3.69. The van der Waals surface area contributed by atoms with Crippen LogP contribution in [-0.4, -0.2) is 9.85 Å². The monoisotopic (exact) mass is 274 g/mol. The first-order valence-corrected chi connectivity index (χ1v) is 5.83. The van der Waals surface area contributed by atoms with Crippen LogP contribution in [0, 0.1) is 20.2 Å². The molecular formula is C13H12N3O4+. The van der Waals surface area contributed by atoms with Gasteiger partial charge >= 0.3 is 0 Å². The third-order valence-corrected chi connectivity index (χ3v) is 2.92. The molecule has 2 aromatic rings. The van der Waals surface area contributed by atoms with Gasteiger partial charge in [-0.1, -0.05) is 0 Å². The van der Waals surface area contributed by atoms with E-state index in [1.807, 2.05) is 36.1 Å². The van der Waals surface area contributed by atoms with E-state index in [0.717, 1.165) is 11.6 Å². The van der Waals surface area contributed by atoms with Gasteiger partial charge in [-0.2, -0.15) is 0 Å². The van der Waals surface area contributed by atoms with Crippen LogP contribution in [0.2, 0.25) is 0 Å². The lowest BCUT2D eigenvalue weighted by atomic mass is 10.0. The normalized spacial score (nSPS) is 10.2. The highest BCUT2D eigenvalue weighted by atomic mass is 16.6. The van der Waals surface area contributed by atoms with Gasteiger partial charge in [-0.25, -0.2) is 4.57 Å². The van der Waals surface area contributed by atoms with Crippen molar-refractivity contribution >= 4 is 11.4 Å². The van der Waals surface area contributed by atoms with Gasteiger partial charge in [-0.15, -0.1) is 0 Å². The van der Waals surface area contributed by atoms with Crippen molar-refractivity contribution in [2.24, 2.45) is 7.05 Å². The van der Waals surface area contributed by atoms with Crippen LogP contribution in [0.4, 0.5) is 11.4 Å². The number of hydrogen-bond donors (Lipinski definition) is 0. The van der Waals surface area contributed by atoms with Crippen LogP contribution >= 0.6 is 0 Å². The molecule has 20 heavy (non-hydrogen) atoms. The zero-order valence-electron chi connectivity index (χ0n) is 10.7. The summed E-state index contributed by atoms with van der Waals surface area (Å²) < 4.78 is 1.85. The zero-order chi connectivity index (χ0) is 14.7. The maximum absolute atomic E-state index is 11.0. The van der Waals surface area contributed by atoms with Gasteiger partial charge in [-0.05, 0) is 11.6 Å².